The minimum atomic E-state index is -0.719. The first-order chi connectivity index (χ1) is 18.0. The predicted molar refractivity (Wildman–Crippen MR) is 144 cm³/mol. The van der Waals surface area contributed by atoms with Crippen molar-refractivity contribution in [3.05, 3.63) is 66.2 Å². The molecule has 7 heteroatoms. The van der Waals surface area contributed by atoms with E-state index in [0.29, 0.717) is 51.5 Å². The number of piperidine rings is 1. The fraction of sp³-hybridized carbons (Fsp3) is 0.500. The van der Waals surface area contributed by atoms with Crippen LogP contribution in [-0.2, 0) is 20.9 Å². The van der Waals surface area contributed by atoms with E-state index < -0.39 is 5.54 Å². The Bertz CT molecular complexity index is 1080. The Morgan fingerprint density at radius 1 is 0.919 bits per heavy atom. The van der Waals surface area contributed by atoms with Crippen LogP contribution >= 0.6 is 0 Å². The number of anilines is 1. The molecule has 0 bridgehead atoms. The number of para-hydroxylation sites is 1. The van der Waals surface area contributed by atoms with E-state index in [1.807, 2.05) is 65.6 Å². The first-order valence-electron chi connectivity index (χ1n) is 13.8. The molecule has 2 heterocycles. The van der Waals surface area contributed by atoms with Crippen LogP contribution in [0.5, 0.6) is 0 Å². The van der Waals surface area contributed by atoms with Crippen LogP contribution in [0.4, 0.5) is 5.69 Å². The lowest BCUT2D eigenvalue weighted by molar-refractivity contribution is -0.140. The third-order valence-electron chi connectivity index (χ3n) is 8.43. The van der Waals surface area contributed by atoms with E-state index in [2.05, 4.69) is 10.2 Å². The molecule has 2 aromatic carbocycles. The highest BCUT2D eigenvalue weighted by atomic mass is 16.2. The van der Waals surface area contributed by atoms with Crippen LogP contribution in [0.3, 0.4) is 0 Å². The molecule has 3 fully saturated rings. The number of hydrogen-bond acceptors (Lipinski definition) is 4. The van der Waals surface area contributed by atoms with Gasteiger partial charge in [0.15, 0.2) is 0 Å². The maximum atomic E-state index is 13.9. The van der Waals surface area contributed by atoms with Gasteiger partial charge in [0.1, 0.15) is 12.1 Å². The Balaban J connectivity index is 1.23. The van der Waals surface area contributed by atoms with Gasteiger partial charge in [0, 0.05) is 31.7 Å². The van der Waals surface area contributed by atoms with E-state index in [-0.39, 0.29) is 24.3 Å². The van der Waals surface area contributed by atoms with E-state index in [0.717, 1.165) is 17.7 Å². The van der Waals surface area contributed by atoms with Crippen molar-refractivity contribution in [3.8, 4) is 0 Å². The third kappa shape index (κ3) is 5.65. The number of amides is 3. The van der Waals surface area contributed by atoms with Crippen LogP contribution < -0.4 is 10.2 Å². The number of carbonyl (C=O) groups excluding carboxylic acids is 3. The molecule has 3 aliphatic rings. The number of nitrogens with zero attached hydrogens (tertiary/aromatic N) is 3. The second kappa shape index (κ2) is 11.4. The lowest BCUT2D eigenvalue weighted by atomic mass is 9.85. The van der Waals surface area contributed by atoms with Crippen molar-refractivity contribution in [1.82, 2.24) is 15.1 Å². The second-order valence-electron chi connectivity index (χ2n) is 10.8. The lowest BCUT2D eigenvalue weighted by Crippen LogP contribution is -2.57. The molecule has 2 aliphatic heterocycles. The van der Waals surface area contributed by atoms with Crippen molar-refractivity contribution in [2.24, 2.45) is 5.92 Å². The molecule has 0 atom stereocenters. The fourth-order valence-corrected chi connectivity index (χ4v) is 6.26. The summed E-state index contributed by atoms with van der Waals surface area (Å²) >= 11 is 0. The van der Waals surface area contributed by atoms with Crippen LogP contribution in [0.1, 0.15) is 56.9 Å². The summed E-state index contributed by atoms with van der Waals surface area (Å²) in [5.74, 6) is 0.744. The van der Waals surface area contributed by atoms with Gasteiger partial charge in [0.2, 0.25) is 11.8 Å². The van der Waals surface area contributed by atoms with Gasteiger partial charge in [-0.3, -0.25) is 14.4 Å². The molecule has 7 nitrogen and oxygen atoms in total. The summed E-state index contributed by atoms with van der Waals surface area (Å²) in [7, 11) is 0. The van der Waals surface area contributed by atoms with E-state index >= 15 is 0 Å². The topological polar surface area (TPSA) is 73.0 Å². The number of carbonyl (C=O) groups is 3. The summed E-state index contributed by atoms with van der Waals surface area (Å²) in [6.45, 7) is 1.99. The standard InChI is InChI=1S/C30H38N4O3/c35-27(31-21-25-11-3-1-4-12-25)22-33-23-34(26-13-5-2-6-14-26)30(29(33)37)17-19-32(20-18-30)28(36)16-15-24-9-7-8-10-24/h1-6,11-14,24H,7-10,15-23H2,(H,31,35). The van der Waals surface area contributed by atoms with Gasteiger partial charge in [0.25, 0.3) is 5.91 Å². The number of hydrogen-bond donors (Lipinski definition) is 1. The summed E-state index contributed by atoms with van der Waals surface area (Å²) in [6, 6.07) is 19.7. The average Bonchev–Trinajstić information content (AvgIpc) is 3.55. The summed E-state index contributed by atoms with van der Waals surface area (Å²) in [4.78, 5) is 45.4. The molecule has 0 aromatic heterocycles. The van der Waals surface area contributed by atoms with Crippen LogP contribution in [0.15, 0.2) is 60.7 Å². The molecule has 3 amide bonds. The van der Waals surface area contributed by atoms with Crippen molar-refractivity contribution < 1.29 is 14.4 Å². The second-order valence-corrected chi connectivity index (χ2v) is 10.8. The Labute approximate surface area is 219 Å². The third-order valence-corrected chi connectivity index (χ3v) is 8.43. The summed E-state index contributed by atoms with van der Waals surface area (Å²) < 4.78 is 0. The molecule has 1 spiro atoms. The quantitative estimate of drug-likeness (QED) is 0.594. The van der Waals surface area contributed by atoms with E-state index in [4.69, 9.17) is 0 Å². The first-order valence-corrected chi connectivity index (χ1v) is 13.8. The Kier molecular flexibility index (Phi) is 7.77. The molecule has 0 unspecified atom stereocenters. The van der Waals surface area contributed by atoms with Gasteiger partial charge in [0.05, 0.1) is 6.67 Å². The number of benzene rings is 2. The highest BCUT2D eigenvalue weighted by Gasteiger charge is 2.54. The molecule has 1 N–H and O–H groups in total. The Morgan fingerprint density at radius 2 is 1.57 bits per heavy atom. The summed E-state index contributed by atoms with van der Waals surface area (Å²) in [6.07, 6.45) is 7.86. The summed E-state index contributed by atoms with van der Waals surface area (Å²) in [5, 5.41) is 2.95. The van der Waals surface area contributed by atoms with Crippen molar-refractivity contribution in [2.45, 2.75) is 63.5 Å². The van der Waals surface area contributed by atoms with Gasteiger partial charge in [-0.1, -0.05) is 74.2 Å². The largest absolute Gasteiger partial charge is 0.350 e. The van der Waals surface area contributed by atoms with Gasteiger partial charge in [-0.15, -0.1) is 0 Å². The van der Waals surface area contributed by atoms with Crippen LogP contribution in [0, 0.1) is 5.92 Å². The normalized spacial score (nSPS) is 19.6. The first kappa shape index (κ1) is 25.3. The Hall–Kier alpha value is -3.35. The number of nitrogens with one attached hydrogen (secondary N) is 1. The van der Waals surface area contributed by atoms with Crippen LogP contribution in [-0.4, -0.2) is 59.4 Å². The van der Waals surface area contributed by atoms with E-state index in [1.165, 1.54) is 25.7 Å². The molecule has 2 aromatic rings. The maximum Gasteiger partial charge on any atom is 0.250 e. The van der Waals surface area contributed by atoms with Gasteiger partial charge < -0.3 is 20.0 Å². The SMILES string of the molecule is O=C(CN1CN(c2ccccc2)C2(CCN(C(=O)CCC3CCCC3)CC2)C1=O)NCc1ccccc1. The van der Waals surface area contributed by atoms with Gasteiger partial charge >= 0.3 is 0 Å². The molecule has 0 radical (unpaired) electrons. The molecule has 2 saturated heterocycles. The lowest BCUT2D eigenvalue weighted by Gasteiger charge is -2.43. The monoisotopic (exact) mass is 502 g/mol. The molecule has 1 aliphatic carbocycles. The van der Waals surface area contributed by atoms with Crippen molar-refractivity contribution in [1.29, 1.82) is 0 Å². The van der Waals surface area contributed by atoms with Gasteiger partial charge in [-0.05, 0) is 42.9 Å². The number of rotatable bonds is 8. The molecule has 37 heavy (non-hydrogen) atoms. The molecule has 1 saturated carbocycles. The summed E-state index contributed by atoms with van der Waals surface area (Å²) in [5.41, 5.74) is 1.28. The molecular formula is C30H38N4O3. The van der Waals surface area contributed by atoms with Crippen molar-refractivity contribution in [2.75, 3.05) is 31.2 Å². The van der Waals surface area contributed by atoms with E-state index in [1.54, 1.807) is 4.90 Å². The smallest absolute Gasteiger partial charge is 0.250 e. The van der Waals surface area contributed by atoms with Crippen LogP contribution in [0.2, 0.25) is 0 Å². The minimum Gasteiger partial charge on any atom is -0.350 e. The van der Waals surface area contributed by atoms with Gasteiger partial charge in [-0.2, -0.15) is 0 Å². The average molecular weight is 503 g/mol. The zero-order chi connectivity index (χ0) is 25.7. The maximum absolute atomic E-state index is 13.9. The molecule has 196 valence electrons. The van der Waals surface area contributed by atoms with Crippen LogP contribution in [0.25, 0.3) is 0 Å². The number of likely N-dealkylation sites (tertiary alicyclic amines) is 1. The van der Waals surface area contributed by atoms with Crippen molar-refractivity contribution in [3.63, 3.8) is 0 Å². The zero-order valence-corrected chi connectivity index (χ0v) is 21.6. The van der Waals surface area contributed by atoms with E-state index in [9.17, 15) is 14.4 Å². The highest BCUT2D eigenvalue weighted by molar-refractivity contribution is 5.96. The predicted octanol–water partition coefficient (Wildman–Crippen LogP) is 3.94. The molecular weight excluding hydrogens is 464 g/mol. The van der Waals surface area contributed by atoms with Crippen molar-refractivity contribution >= 4 is 23.4 Å². The minimum absolute atomic E-state index is 0.00994. The van der Waals surface area contributed by atoms with Gasteiger partial charge in [-0.25, -0.2) is 0 Å². The molecule has 5 rings (SSSR count). The Morgan fingerprint density at radius 3 is 2.24 bits per heavy atom. The zero-order valence-electron chi connectivity index (χ0n) is 21.6. The highest BCUT2D eigenvalue weighted by Crippen LogP contribution is 2.39. The fourth-order valence-electron chi connectivity index (χ4n) is 6.26.